The molecule has 5 rings (SSSR count). The van der Waals surface area contributed by atoms with Crippen molar-refractivity contribution in [3.05, 3.63) is 46.3 Å². The first-order valence-electron chi connectivity index (χ1n) is 18.8. The molecule has 4 aliphatic heterocycles. The summed E-state index contributed by atoms with van der Waals surface area (Å²) in [5.74, 6) is 0.0279. The van der Waals surface area contributed by atoms with Gasteiger partial charge in [-0.15, -0.1) is 0 Å². The van der Waals surface area contributed by atoms with Crippen LogP contribution in [0.15, 0.2) is 29.6 Å². The summed E-state index contributed by atoms with van der Waals surface area (Å²) in [4.78, 5) is 33.8. The van der Waals surface area contributed by atoms with E-state index in [0.717, 1.165) is 74.1 Å². The average Bonchev–Trinajstić information content (AvgIpc) is 3.10. The third kappa shape index (κ3) is 9.69. The first-order valence-corrected chi connectivity index (χ1v) is 20.1. The van der Waals surface area contributed by atoms with Gasteiger partial charge in [0.1, 0.15) is 11.8 Å². The van der Waals surface area contributed by atoms with Crippen molar-refractivity contribution in [3.8, 4) is 0 Å². The zero-order chi connectivity index (χ0) is 37.7. The van der Waals surface area contributed by atoms with E-state index in [0.29, 0.717) is 62.4 Å². The highest BCUT2D eigenvalue weighted by molar-refractivity contribution is 14.1. The molecule has 4 heterocycles. The fourth-order valence-corrected chi connectivity index (χ4v) is 8.74. The lowest BCUT2D eigenvalue weighted by molar-refractivity contribution is -0.128. The molecule has 14 heteroatoms. The molecule has 0 saturated carbocycles. The summed E-state index contributed by atoms with van der Waals surface area (Å²) < 4.78 is 34.6. The normalized spacial score (nSPS) is 21.3. The van der Waals surface area contributed by atoms with Gasteiger partial charge in [0.25, 0.3) is 6.43 Å². The SMILES string of the molecule is CN/C=C(/c1cc2c(cc1C(F)F)N(C(NC)C1=C(NC3CCN(C4CCN(C(=O)OC(C)(C)C)CC4)CC3)CCN(C(C)=O)C1)CCC2)C(N)I. The quantitative estimate of drug-likeness (QED) is 0.144. The van der Waals surface area contributed by atoms with Crippen LogP contribution < -0.4 is 26.6 Å². The Labute approximate surface area is 322 Å². The fourth-order valence-electron chi connectivity index (χ4n) is 8.22. The largest absolute Gasteiger partial charge is 0.444 e. The van der Waals surface area contributed by atoms with Crippen LogP contribution in [0.3, 0.4) is 0 Å². The number of rotatable bonds is 10. The standard InChI is InChI=1S/C38H59F2IN8O3/c1-24(50)48-19-13-32(45-26-9-15-46(16-10-26)27-11-17-47(18-12-27)37(51)52-38(2,3)4)31(23-48)36(44-6)49-14-7-8-25-20-28(30(22-43-5)35(41)42)29(34(39)40)21-33(25)49/h20-22,26-27,34-36,43-45H,7-19,23,42H2,1-6H3/b30-22-. The van der Waals surface area contributed by atoms with Crippen molar-refractivity contribution in [2.24, 2.45) is 5.73 Å². The molecule has 0 aromatic heterocycles. The molecule has 2 atom stereocenters. The number of fused-ring (bicyclic) bond motifs is 1. The first kappa shape index (κ1) is 40.5. The number of nitrogens with one attached hydrogen (secondary N) is 3. The number of likely N-dealkylation sites (N-methyl/N-ethyl adjacent to an activating group) is 1. The Morgan fingerprint density at radius 1 is 1.00 bits per heavy atom. The second-order valence-corrected chi connectivity index (χ2v) is 16.8. The van der Waals surface area contributed by atoms with Gasteiger partial charge in [0.2, 0.25) is 5.91 Å². The third-order valence-electron chi connectivity index (χ3n) is 10.8. The van der Waals surface area contributed by atoms with Gasteiger partial charge in [0.15, 0.2) is 0 Å². The molecular weight excluding hydrogens is 781 g/mol. The molecule has 1 aromatic rings. The number of ether oxygens (including phenoxy) is 1. The molecule has 2 unspecified atom stereocenters. The highest BCUT2D eigenvalue weighted by Crippen LogP contribution is 2.40. The van der Waals surface area contributed by atoms with Crippen molar-refractivity contribution in [1.29, 1.82) is 0 Å². The molecule has 0 spiro atoms. The van der Waals surface area contributed by atoms with Crippen LogP contribution in [0.1, 0.15) is 89.3 Å². The molecule has 0 bridgehead atoms. The number of hydrogen-bond acceptors (Lipinski definition) is 9. The summed E-state index contributed by atoms with van der Waals surface area (Å²) in [6.07, 6.45) is 4.79. The van der Waals surface area contributed by atoms with E-state index in [1.807, 2.05) is 43.7 Å². The molecule has 2 saturated heterocycles. The van der Waals surface area contributed by atoms with Gasteiger partial charge in [-0.05, 0) is 89.6 Å². The van der Waals surface area contributed by atoms with Gasteiger partial charge >= 0.3 is 6.09 Å². The van der Waals surface area contributed by atoms with Gasteiger partial charge in [-0.25, -0.2) is 13.6 Å². The first-order chi connectivity index (χ1) is 24.7. The second kappa shape index (κ2) is 17.6. The molecule has 4 aliphatic rings. The van der Waals surface area contributed by atoms with Crippen LogP contribution in [-0.2, 0) is 16.0 Å². The number of alkyl halides is 3. The van der Waals surface area contributed by atoms with Gasteiger partial charge in [0.05, 0.1) is 4.05 Å². The predicted molar refractivity (Wildman–Crippen MR) is 211 cm³/mol. The molecule has 0 radical (unpaired) electrons. The van der Waals surface area contributed by atoms with Gasteiger partial charge in [-0.3, -0.25) is 10.1 Å². The lowest BCUT2D eigenvalue weighted by Crippen LogP contribution is -2.54. The minimum Gasteiger partial charge on any atom is -0.444 e. The molecule has 11 nitrogen and oxygen atoms in total. The number of anilines is 1. The van der Waals surface area contributed by atoms with Crippen LogP contribution in [0.2, 0.25) is 0 Å². The van der Waals surface area contributed by atoms with Crippen LogP contribution in [0.25, 0.3) is 5.57 Å². The molecule has 2 amide bonds. The predicted octanol–water partition coefficient (Wildman–Crippen LogP) is 5.16. The van der Waals surface area contributed by atoms with E-state index < -0.39 is 16.1 Å². The van der Waals surface area contributed by atoms with Gasteiger partial charge < -0.3 is 40.7 Å². The molecule has 290 valence electrons. The summed E-state index contributed by atoms with van der Waals surface area (Å²) >= 11 is 2.07. The maximum absolute atomic E-state index is 14.7. The van der Waals surface area contributed by atoms with Crippen LogP contribution in [0.4, 0.5) is 19.3 Å². The smallest absolute Gasteiger partial charge is 0.410 e. The minimum absolute atomic E-state index is 0.0279. The number of nitrogens with zero attached hydrogens (tertiary/aromatic N) is 4. The van der Waals surface area contributed by atoms with Crippen molar-refractivity contribution in [2.75, 3.05) is 64.8 Å². The molecule has 0 aliphatic carbocycles. The van der Waals surface area contributed by atoms with Gasteiger partial charge in [-0.1, -0.05) is 22.6 Å². The lowest BCUT2D eigenvalue weighted by atomic mass is 9.90. The van der Waals surface area contributed by atoms with Gasteiger partial charge in [0, 0.05) is 113 Å². The summed E-state index contributed by atoms with van der Waals surface area (Å²) in [6.45, 7) is 12.5. The van der Waals surface area contributed by atoms with Crippen molar-refractivity contribution >= 4 is 45.9 Å². The van der Waals surface area contributed by atoms with Crippen molar-refractivity contribution < 1.29 is 23.1 Å². The summed E-state index contributed by atoms with van der Waals surface area (Å²) in [5, 5.41) is 10.4. The third-order valence-corrected chi connectivity index (χ3v) is 11.5. The number of carbonyl (C=O) groups excluding carboxylic acids is 2. The molecule has 52 heavy (non-hydrogen) atoms. The Morgan fingerprint density at radius 2 is 1.69 bits per heavy atom. The zero-order valence-electron chi connectivity index (χ0n) is 31.7. The molecule has 5 N–H and O–H groups in total. The average molecular weight is 841 g/mol. The number of hydrogen-bond donors (Lipinski definition) is 4. The highest BCUT2D eigenvalue weighted by atomic mass is 127. The number of halogens is 3. The Balaban J connectivity index is 1.33. The molecular formula is C38H59F2IN8O3. The monoisotopic (exact) mass is 840 g/mol. The van der Waals surface area contributed by atoms with Crippen molar-refractivity contribution in [3.63, 3.8) is 0 Å². The maximum atomic E-state index is 14.7. The second-order valence-electron chi connectivity index (χ2n) is 15.5. The minimum atomic E-state index is -2.67. The summed E-state index contributed by atoms with van der Waals surface area (Å²) in [7, 11) is 3.66. The Bertz CT molecular complexity index is 1480. The van der Waals surface area contributed by atoms with E-state index in [-0.39, 0.29) is 23.7 Å². The number of piperidine rings is 2. The van der Waals surface area contributed by atoms with Gasteiger partial charge in [-0.2, -0.15) is 0 Å². The highest BCUT2D eigenvalue weighted by Gasteiger charge is 2.36. The van der Waals surface area contributed by atoms with Crippen LogP contribution >= 0.6 is 22.6 Å². The molecule has 1 aromatic carbocycles. The van der Waals surface area contributed by atoms with E-state index in [1.54, 1.807) is 26.2 Å². The summed E-state index contributed by atoms with van der Waals surface area (Å²) in [5.41, 5.74) is 10.9. The van der Waals surface area contributed by atoms with E-state index in [1.165, 1.54) is 0 Å². The van der Waals surface area contributed by atoms with Crippen LogP contribution in [0.5, 0.6) is 0 Å². The van der Waals surface area contributed by atoms with E-state index >= 15 is 0 Å². The number of benzene rings is 1. The lowest BCUT2D eigenvalue weighted by Gasteiger charge is -2.44. The van der Waals surface area contributed by atoms with Crippen LogP contribution in [-0.4, -0.2) is 115 Å². The van der Waals surface area contributed by atoms with Crippen molar-refractivity contribution in [2.45, 2.75) is 107 Å². The number of carbonyl (C=O) groups is 2. The van der Waals surface area contributed by atoms with E-state index in [4.69, 9.17) is 10.5 Å². The summed E-state index contributed by atoms with van der Waals surface area (Å²) in [6, 6.07) is 4.31. The Morgan fingerprint density at radius 3 is 2.27 bits per heavy atom. The van der Waals surface area contributed by atoms with Crippen LogP contribution in [0, 0.1) is 0 Å². The fraction of sp³-hybridized carbons (Fsp3) is 0.684. The molecule has 2 fully saturated rings. The number of nitrogens with two attached hydrogens (primary N) is 1. The van der Waals surface area contributed by atoms with E-state index in [9.17, 15) is 18.4 Å². The zero-order valence-corrected chi connectivity index (χ0v) is 33.9. The maximum Gasteiger partial charge on any atom is 0.410 e. The van der Waals surface area contributed by atoms with Crippen molar-refractivity contribution in [1.82, 2.24) is 30.7 Å². The Hall–Kier alpha value is -2.69. The Kier molecular flexibility index (Phi) is 13.7. The number of amides is 2. The number of aryl methyl sites for hydroxylation is 1. The van der Waals surface area contributed by atoms with E-state index in [2.05, 4.69) is 48.3 Å². The topological polar surface area (TPSA) is 118 Å². The number of likely N-dealkylation sites (tertiary alicyclic amines) is 2.